The maximum absolute atomic E-state index is 13.5. The molecule has 21 heteroatoms. The van der Waals surface area contributed by atoms with E-state index in [1.165, 1.54) is 29.4 Å². The lowest BCUT2D eigenvalue weighted by Crippen LogP contribution is -2.41. The molecule has 3 aromatic carbocycles. The predicted molar refractivity (Wildman–Crippen MR) is 175 cm³/mol. The van der Waals surface area contributed by atoms with Crippen LogP contribution in [0.4, 0.5) is 17.1 Å². The Morgan fingerprint density at radius 2 is 1.19 bits per heavy atom. The number of rotatable bonds is 11. The van der Waals surface area contributed by atoms with Crippen molar-refractivity contribution in [1.82, 2.24) is 19.5 Å². The summed E-state index contributed by atoms with van der Waals surface area (Å²) in [4.78, 5) is 82.5. The highest BCUT2D eigenvalue weighted by molar-refractivity contribution is 7.71. The van der Waals surface area contributed by atoms with Crippen molar-refractivity contribution in [3.05, 3.63) is 137 Å². The molecule has 20 nitrogen and oxygen atoms in total. The lowest BCUT2D eigenvalue weighted by atomic mass is 10.1. The maximum Gasteiger partial charge on any atom is 0.338 e. The molecule has 1 fully saturated rings. The van der Waals surface area contributed by atoms with E-state index >= 15 is 0 Å². The number of imidazole rings is 1. The van der Waals surface area contributed by atoms with E-state index in [2.05, 4.69) is 15.0 Å². The Balaban J connectivity index is 1.36. The van der Waals surface area contributed by atoms with Crippen LogP contribution >= 0.6 is 12.2 Å². The monoisotopic (exact) mass is 731 g/mol. The number of benzene rings is 3. The van der Waals surface area contributed by atoms with E-state index in [0.717, 1.165) is 60.7 Å². The van der Waals surface area contributed by atoms with E-state index < -0.39 is 63.8 Å². The molecule has 264 valence electrons. The summed E-state index contributed by atoms with van der Waals surface area (Å²) >= 11 is 5.27. The second-order valence-corrected chi connectivity index (χ2v) is 11.3. The number of carbonyl (C=O) groups excluding carboxylic acids is 3. The Bertz CT molecular complexity index is 2280. The van der Waals surface area contributed by atoms with Crippen molar-refractivity contribution in [1.29, 1.82) is 0 Å². The number of nitro benzene ring substituents is 3. The molecule has 2 aromatic heterocycles. The van der Waals surface area contributed by atoms with Crippen molar-refractivity contribution < 1.29 is 48.1 Å². The SMILES string of the molecule is O=C(OC[C@@H]1O[C@H](n2cnc3c(=S)nc[nH]c32)[C@@H](OC(=O)c2ccc([N+](=O)[O-])cc2)[C@H]1OC(=O)c1ccc([N+](=O)[O-])cc1)c1ccc([N+](=O)[O-])cc1. The number of nitrogens with zero attached hydrogens (tertiary/aromatic N) is 6. The number of nitrogens with one attached hydrogen (secondary N) is 1. The van der Waals surface area contributed by atoms with Crippen molar-refractivity contribution in [2.75, 3.05) is 6.61 Å². The molecule has 5 aromatic rings. The number of aromatic nitrogens is 4. The first-order chi connectivity index (χ1) is 24.9. The van der Waals surface area contributed by atoms with Crippen molar-refractivity contribution in [2.45, 2.75) is 24.5 Å². The summed E-state index contributed by atoms with van der Waals surface area (Å²) in [7, 11) is 0. The van der Waals surface area contributed by atoms with Gasteiger partial charge in [0.05, 0.1) is 44.1 Å². The number of nitro groups is 3. The standard InChI is InChI=1S/C31H21N7O13S/c39-29(16-1-7-19(8-2-16)36(42)43)48-13-22-24(50-30(40)17-3-9-20(10-4-17)37(44)45)25(51-31(41)18-5-11-21(12-6-18)38(46)47)28(49-22)35-15-34-23-26(35)32-14-33-27(23)52/h1-12,14-15,22,24-25,28H,13H2,(H,32,33,52)/t22-,24-,25-,28-/m0/s1. The van der Waals surface area contributed by atoms with E-state index in [0.29, 0.717) is 0 Å². The quantitative estimate of drug-likeness (QED) is 0.0647. The summed E-state index contributed by atoms with van der Waals surface area (Å²) in [5.74, 6) is -2.95. The van der Waals surface area contributed by atoms with Gasteiger partial charge >= 0.3 is 17.9 Å². The Hall–Kier alpha value is -7.00. The topological polar surface area (TPSA) is 264 Å². The van der Waals surface area contributed by atoms with Crippen LogP contribution in [-0.4, -0.2) is 77.1 Å². The molecule has 3 heterocycles. The number of ether oxygens (including phenoxy) is 4. The van der Waals surface area contributed by atoms with Crippen LogP contribution in [0.3, 0.4) is 0 Å². The lowest BCUT2D eigenvalue weighted by Gasteiger charge is -2.25. The third-order valence-corrected chi connectivity index (χ3v) is 8.04. The van der Waals surface area contributed by atoms with Crippen LogP contribution in [0.5, 0.6) is 0 Å². The molecule has 1 N–H and O–H groups in total. The molecule has 0 saturated carbocycles. The summed E-state index contributed by atoms with van der Waals surface area (Å²) < 4.78 is 24.9. The smallest absolute Gasteiger partial charge is 0.338 e. The summed E-state index contributed by atoms with van der Waals surface area (Å²) in [6.45, 7) is -0.611. The third-order valence-electron chi connectivity index (χ3n) is 7.75. The van der Waals surface area contributed by atoms with Crippen LogP contribution in [0.15, 0.2) is 85.5 Å². The van der Waals surface area contributed by atoms with Gasteiger partial charge in [-0.3, -0.25) is 34.9 Å². The minimum atomic E-state index is -1.54. The zero-order chi connectivity index (χ0) is 37.1. The van der Waals surface area contributed by atoms with Gasteiger partial charge < -0.3 is 23.9 Å². The first-order valence-corrected chi connectivity index (χ1v) is 15.2. The van der Waals surface area contributed by atoms with Gasteiger partial charge in [-0.25, -0.2) is 24.4 Å². The highest BCUT2D eigenvalue weighted by atomic mass is 32.1. The molecule has 1 aliphatic heterocycles. The molecule has 0 aliphatic carbocycles. The van der Waals surface area contributed by atoms with E-state index in [1.807, 2.05) is 0 Å². The second kappa shape index (κ2) is 14.5. The van der Waals surface area contributed by atoms with Gasteiger partial charge in [-0.2, -0.15) is 0 Å². The summed E-state index contributed by atoms with van der Waals surface area (Å²) in [5.41, 5.74) is -0.670. The molecule has 0 spiro atoms. The van der Waals surface area contributed by atoms with Crippen molar-refractivity contribution >= 4 is 58.4 Å². The number of hydrogen-bond acceptors (Lipinski definition) is 16. The number of hydrogen-bond donors (Lipinski definition) is 1. The van der Waals surface area contributed by atoms with Crippen LogP contribution in [0, 0.1) is 35.0 Å². The largest absolute Gasteiger partial charge is 0.459 e. The average Bonchev–Trinajstić information content (AvgIpc) is 3.72. The third kappa shape index (κ3) is 7.15. The number of aromatic amines is 1. The summed E-state index contributed by atoms with van der Waals surface area (Å²) in [6, 6.07) is 13.5. The first kappa shape index (κ1) is 34.8. The van der Waals surface area contributed by atoms with Gasteiger partial charge in [0.1, 0.15) is 23.9 Å². The van der Waals surface area contributed by atoms with E-state index in [1.54, 1.807) is 0 Å². The fourth-order valence-corrected chi connectivity index (χ4v) is 5.38. The molecule has 6 rings (SSSR count). The van der Waals surface area contributed by atoms with Crippen LogP contribution in [0.1, 0.15) is 37.3 Å². The average molecular weight is 732 g/mol. The van der Waals surface area contributed by atoms with Crippen molar-refractivity contribution in [3.8, 4) is 0 Å². The van der Waals surface area contributed by atoms with Gasteiger partial charge in [-0.1, -0.05) is 12.2 Å². The van der Waals surface area contributed by atoms with E-state index in [-0.39, 0.29) is 49.6 Å². The van der Waals surface area contributed by atoms with Crippen LogP contribution < -0.4 is 0 Å². The van der Waals surface area contributed by atoms with Crippen LogP contribution in [-0.2, 0) is 18.9 Å². The number of H-pyrrole nitrogens is 1. The Kier molecular flexibility index (Phi) is 9.69. The zero-order valence-electron chi connectivity index (χ0n) is 26.0. The molecule has 1 aliphatic rings. The first-order valence-electron chi connectivity index (χ1n) is 14.8. The fourth-order valence-electron chi connectivity index (χ4n) is 5.18. The molecule has 4 atom stereocenters. The Labute approximate surface area is 294 Å². The van der Waals surface area contributed by atoms with Gasteiger partial charge in [0.25, 0.3) is 17.1 Å². The minimum Gasteiger partial charge on any atom is -0.459 e. The molecule has 0 bridgehead atoms. The van der Waals surface area contributed by atoms with Crippen LogP contribution in [0.2, 0.25) is 0 Å². The number of carbonyl (C=O) groups is 3. The molecule has 0 radical (unpaired) electrons. The van der Waals surface area contributed by atoms with Crippen molar-refractivity contribution in [2.24, 2.45) is 0 Å². The zero-order valence-corrected chi connectivity index (χ0v) is 26.8. The van der Waals surface area contributed by atoms with Crippen molar-refractivity contribution in [3.63, 3.8) is 0 Å². The number of esters is 3. The lowest BCUT2D eigenvalue weighted by molar-refractivity contribution is -0.385. The van der Waals surface area contributed by atoms with Gasteiger partial charge in [0, 0.05) is 36.4 Å². The van der Waals surface area contributed by atoms with Gasteiger partial charge in [0.15, 0.2) is 23.1 Å². The molecule has 0 amide bonds. The van der Waals surface area contributed by atoms with Gasteiger partial charge in [-0.05, 0) is 36.4 Å². The Morgan fingerprint density at radius 1 is 0.731 bits per heavy atom. The predicted octanol–water partition coefficient (Wildman–Crippen LogP) is 4.42. The Morgan fingerprint density at radius 3 is 1.67 bits per heavy atom. The number of non-ortho nitro benzene ring substituents is 3. The van der Waals surface area contributed by atoms with E-state index in [4.69, 9.17) is 31.2 Å². The second-order valence-electron chi connectivity index (χ2n) is 10.9. The maximum atomic E-state index is 13.5. The molecule has 1 saturated heterocycles. The van der Waals surface area contributed by atoms with E-state index in [9.17, 15) is 44.7 Å². The summed E-state index contributed by atoms with van der Waals surface area (Å²) in [6.07, 6.45) is -3.20. The molecule has 0 unspecified atom stereocenters. The minimum absolute atomic E-state index is 0.0543. The summed E-state index contributed by atoms with van der Waals surface area (Å²) in [5, 5.41) is 33.4. The number of fused-ring (bicyclic) bond motifs is 1. The van der Waals surface area contributed by atoms with Gasteiger partial charge in [0.2, 0.25) is 0 Å². The molecular formula is C31H21N7O13S. The van der Waals surface area contributed by atoms with Gasteiger partial charge in [-0.15, -0.1) is 0 Å². The highest BCUT2D eigenvalue weighted by Crippen LogP contribution is 2.37. The molecular weight excluding hydrogens is 710 g/mol. The molecule has 52 heavy (non-hydrogen) atoms. The normalized spacial score (nSPS) is 18.0. The van der Waals surface area contributed by atoms with Crippen LogP contribution in [0.25, 0.3) is 11.2 Å². The fraction of sp³-hybridized carbons (Fsp3) is 0.161. The highest BCUT2D eigenvalue weighted by Gasteiger charge is 2.52.